The summed E-state index contributed by atoms with van der Waals surface area (Å²) in [5, 5.41) is 5.59. The summed E-state index contributed by atoms with van der Waals surface area (Å²) in [5.74, 6) is -0.621. The molecule has 1 rings (SSSR count). The van der Waals surface area contributed by atoms with E-state index in [-0.39, 0.29) is 11.8 Å². The van der Waals surface area contributed by atoms with E-state index in [2.05, 4.69) is 10.6 Å². The van der Waals surface area contributed by atoms with Crippen LogP contribution in [0.1, 0.15) is 78.1 Å². The molecule has 2 unspecified atom stereocenters. The number of rotatable bonds is 6. The normalized spacial score (nSPS) is 13.7. The zero-order valence-corrected chi connectivity index (χ0v) is 20.7. The van der Waals surface area contributed by atoms with Crippen LogP contribution >= 0.6 is 0 Å². The van der Waals surface area contributed by atoms with E-state index in [4.69, 9.17) is 4.74 Å². The Labute approximate surface area is 186 Å². The number of nitrogens with zero attached hydrogens (tertiary/aromatic N) is 1. The van der Waals surface area contributed by atoms with E-state index in [1.807, 2.05) is 59.7 Å². The van der Waals surface area contributed by atoms with E-state index in [1.54, 1.807) is 27.7 Å². The van der Waals surface area contributed by atoms with Crippen LogP contribution in [0.25, 0.3) is 0 Å². The van der Waals surface area contributed by atoms with Gasteiger partial charge in [0.15, 0.2) is 0 Å². The predicted octanol–water partition coefficient (Wildman–Crippen LogP) is 4.02. The van der Waals surface area contributed by atoms with Crippen LogP contribution in [0.3, 0.4) is 0 Å². The molecule has 2 atom stereocenters. The highest BCUT2D eigenvalue weighted by Crippen LogP contribution is 2.27. The molecule has 0 radical (unpaired) electrons. The van der Waals surface area contributed by atoms with E-state index >= 15 is 0 Å². The summed E-state index contributed by atoms with van der Waals surface area (Å²) < 4.78 is 5.27. The second kappa shape index (κ2) is 10.2. The highest BCUT2D eigenvalue weighted by molar-refractivity contribution is 5.92. The van der Waals surface area contributed by atoms with Crippen LogP contribution in [0.5, 0.6) is 0 Å². The summed E-state index contributed by atoms with van der Waals surface area (Å²) >= 11 is 0. The number of amides is 3. The van der Waals surface area contributed by atoms with Crippen LogP contribution in [-0.2, 0) is 14.3 Å². The molecule has 0 fully saturated rings. The third kappa shape index (κ3) is 8.23. The van der Waals surface area contributed by atoms with Crippen LogP contribution in [-0.4, -0.2) is 46.5 Å². The molecule has 1 aromatic carbocycles. The lowest BCUT2D eigenvalue weighted by atomic mass is 9.95. The van der Waals surface area contributed by atoms with Crippen LogP contribution in [0.2, 0.25) is 0 Å². The Morgan fingerprint density at radius 3 is 2.13 bits per heavy atom. The lowest BCUT2D eigenvalue weighted by molar-refractivity contribution is -0.142. The fraction of sp³-hybridized carbons (Fsp3) is 0.625. The van der Waals surface area contributed by atoms with Gasteiger partial charge in [-0.1, -0.05) is 23.8 Å². The van der Waals surface area contributed by atoms with Crippen LogP contribution in [0, 0.1) is 13.8 Å². The molecule has 0 bridgehead atoms. The first-order valence-corrected chi connectivity index (χ1v) is 10.7. The second-order valence-electron chi connectivity index (χ2n) is 9.99. The van der Waals surface area contributed by atoms with E-state index < -0.39 is 29.3 Å². The van der Waals surface area contributed by atoms with Gasteiger partial charge in [-0.15, -0.1) is 0 Å². The Kier molecular flexibility index (Phi) is 8.67. The number of likely N-dealkylation sites (N-methyl/N-ethyl adjacent to an activating group) is 1. The molecular weight excluding hydrogens is 394 g/mol. The summed E-state index contributed by atoms with van der Waals surface area (Å²) in [6.45, 7) is 18.5. The molecule has 0 aromatic heterocycles. The zero-order valence-electron chi connectivity index (χ0n) is 20.7. The van der Waals surface area contributed by atoms with Gasteiger partial charge in [0.05, 0.1) is 0 Å². The van der Waals surface area contributed by atoms with E-state index in [1.165, 1.54) is 4.90 Å². The number of nitrogens with one attached hydrogen (secondary N) is 2. The maximum Gasteiger partial charge on any atom is 0.408 e. The third-order valence-electron chi connectivity index (χ3n) is 4.51. The number of hydrogen-bond acceptors (Lipinski definition) is 4. The van der Waals surface area contributed by atoms with Crippen molar-refractivity contribution in [2.75, 3.05) is 6.54 Å². The third-order valence-corrected chi connectivity index (χ3v) is 4.51. The Hall–Kier alpha value is -2.57. The summed E-state index contributed by atoms with van der Waals surface area (Å²) in [5.41, 5.74) is 1.54. The first-order valence-electron chi connectivity index (χ1n) is 10.7. The highest BCUT2D eigenvalue weighted by atomic mass is 16.6. The molecule has 1 aromatic rings. The van der Waals surface area contributed by atoms with Gasteiger partial charge < -0.3 is 20.3 Å². The first kappa shape index (κ1) is 26.5. The van der Waals surface area contributed by atoms with Gasteiger partial charge in [0, 0.05) is 12.1 Å². The quantitative estimate of drug-likeness (QED) is 0.709. The van der Waals surface area contributed by atoms with Gasteiger partial charge in [0.25, 0.3) is 0 Å². The minimum Gasteiger partial charge on any atom is -0.444 e. The molecule has 31 heavy (non-hydrogen) atoms. The molecule has 0 aliphatic heterocycles. The molecule has 174 valence electrons. The highest BCUT2D eigenvalue weighted by Gasteiger charge is 2.35. The maximum absolute atomic E-state index is 13.3. The maximum atomic E-state index is 13.3. The number of carbonyl (C=O) groups is 3. The molecular formula is C24H39N3O4. The Balaban J connectivity index is 3.30. The van der Waals surface area contributed by atoms with Gasteiger partial charge >= 0.3 is 6.09 Å². The average Bonchev–Trinajstić information content (AvgIpc) is 2.57. The first-order chi connectivity index (χ1) is 14.1. The molecule has 0 saturated heterocycles. The molecule has 3 amide bonds. The van der Waals surface area contributed by atoms with E-state index in [9.17, 15) is 14.4 Å². The van der Waals surface area contributed by atoms with Crippen molar-refractivity contribution in [3.63, 3.8) is 0 Å². The summed E-state index contributed by atoms with van der Waals surface area (Å²) in [6.07, 6.45) is -0.674. The molecule has 0 aliphatic rings. The van der Waals surface area contributed by atoms with Crippen molar-refractivity contribution in [1.82, 2.24) is 15.5 Å². The van der Waals surface area contributed by atoms with E-state index in [0.29, 0.717) is 6.54 Å². The molecule has 0 aliphatic carbocycles. The number of hydrogen-bond donors (Lipinski definition) is 2. The fourth-order valence-electron chi connectivity index (χ4n) is 3.20. The van der Waals surface area contributed by atoms with Crippen molar-refractivity contribution in [1.29, 1.82) is 0 Å². The minimum absolute atomic E-state index is 0.263. The average molecular weight is 434 g/mol. The molecule has 7 heteroatoms. The Bertz CT molecular complexity index is 806. The van der Waals surface area contributed by atoms with Gasteiger partial charge in [0.1, 0.15) is 17.7 Å². The van der Waals surface area contributed by atoms with Gasteiger partial charge in [0.2, 0.25) is 11.8 Å². The zero-order chi connectivity index (χ0) is 24.1. The van der Waals surface area contributed by atoms with Crippen molar-refractivity contribution in [2.45, 2.75) is 92.5 Å². The lowest BCUT2D eigenvalue weighted by Gasteiger charge is -2.35. The SMILES string of the molecule is CCN(C(=O)C(C)NC(=O)OC(C)(C)C)C(C(=O)NC(C)(C)C)c1cc(C)ccc1C. The van der Waals surface area contributed by atoms with Crippen molar-refractivity contribution in [2.24, 2.45) is 0 Å². The number of carbonyl (C=O) groups excluding carboxylic acids is 3. The molecule has 7 nitrogen and oxygen atoms in total. The summed E-state index contributed by atoms with van der Waals surface area (Å²) in [7, 11) is 0. The summed E-state index contributed by atoms with van der Waals surface area (Å²) in [4.78, 5) is 40.3. The van der Waals surface area contributed by atoms with Gasteiger partial charge in [-0.05, 0) is 80.4 Å². The van der Waals surface area contributed by atoms with E-state index in [0.717, 1.165) is 16.7 Å². The summed E-state index contributed by atoms with van der Waals surface area (Å²) in [6, 6.07) is 4.18. The second-order valence-corrected chi connectivity index (χ2v) is 9.99. The van der Waals surface area contributed by atoms with Crippen molar-refractivity contribution < 1.29 is 19.1 Å². The van der Waals surface area contributed by atoms with Gasteiger partial charge in [-0.2, -0.15) is 0 Å². The number of ether oxygens (including phenoxy) is 1. The lowest BCUT2D eigenvalue weighted by Crippen LogP contribution is -2.53. The van der Waals surface area contributed by atoms with Crippen LogP contribution in [0.4, 0.5) is 4.79 Å². The molecule has 2 N–H and O–H groups in total. The standard InChI is InChI=1S/C24H39N3O4/c1-11-27(21(29)17(4)25-22(30)31-24(8,9)10)19(20(28)26-23(5,6)7)18-14-15(2)12-13-16(18)3/h12-14,17,19H,11H2,1-10H3,(H,25,30)(H,26,28). The minimum atomic E-state index is -0.857. The number of benzene rings is 1. The Morgan fingerprint density at radius 1 is 1.06 bits per heavy atom. The monoisotopic (exact) mass is 433 g/mol. The topological polar surface area (TPSA) is 87.7 Å². The fourth-order valence-corrected chi connectivity index (χ4v) is 3.20. The van der Waals surface area contributed by atoms with Crippen molar-refractivity contribution in [3.8, 4) is 0 Å². The molecule has 0 heterocycles. The molecule has 0 spiro atoms. The molecule has 0 saturated carbocycles. The smallest absolute Gasteiger partial charge is 0.408 e. The van der Waals surface area contributed by atoms with Gasteiger partial charge in [-0.3, -0.25) is 9.59 Å². The number of alkyl carbamates (subject to hydrolysis) is 1. The largest absolute Gasteiger partial charge is 0.444 e. The van der Waals surface area contributed by atoms with Crippen molar-refractivity contribution >= 4 is 17.9 Å². The van der Waals surface area contributed by atoms with Crippen LogP contribution < -0.4 is 10.6 Å². The predicted molar refractivity (Wildman–Crippen MR) is 123 cm³/mol. The van der Waals surface area contributed by atoms with Gasteiger partial charge in [-0.25, -0.2) is 4.79 Å². The van der Waals surface area contributed by atoms with Crippen LogP contribution in [0.15, 0.2) is 18.2 Å². The Morgan fingerprint density at radius 2 is 1.65 bits per heavy atom. The van der Waals surface area contributed by atoms with Crippen molar-refractivity contribution in [3.05, 3.63) is 34.9 Å². The number of aryl methyl sites for hydroxylation is 2.